The van der Waals surface area contributed by atoms with Gasteiger partial charge in [0.2, 0.25) is 5.91 Å². The smallest absolute Gasteiger partial charge is 0.259 e. The Labute approximate surface area is 165 Å². The number of amides is 2. The van der Waals surface area contributed by atoms with E-state index in [1.807, 2.05) is 36.4 Å². The third-order valence-corrected chi connectivity index (χ3v) is 4.78. The molecule has 0 unspecified atom stereocenters. The Balaban J connectivity index is 1.71. The third kappa shape index (κ3) is 5.09. The first-order valence-electron chi connectivity index (χ1n) is 9.93. The third-order valence-electron chi connectivity index (χ3n) is 4.78. The number of likely N-dealkylation sites (tertiary alicyclic amines) is 1. The van der Waals surface area contributed by atoms with Crippen LogP contribution in [-0.4, -0.2) is 42.6 Å². The molecule has 2 aromatic rings. The van der Waals surface area contributed by atoms with Crippen LogP contribution >= 0.6 is 0 Å². The van der Waals surface area contributed by atoms with Crippen molar-refractivity contribution in [1.29, 1.82) is 0 Å². The molecule has 1 aliphatic heterocycles. The summed E-state index contributed by atoms with van der Waals surface area (Å²) >= 11 is 0. The van der Waals surface area contributed by atoms with Crippen LogP contribution in [0, 0.1) is 0 Å². The SMILES string of the molecule is CCCOc1ccc2ccccc2c1/C=N\NC(=O)CN1CCCCCC1=O. The van der Waals surface area contributed by atoms with E-state index in [0.717, 1.165) is 47.8 Å². The summed E-state index contributed by atoms with van der Waals surface area (Å²) in [7, 11) is 0. The molecule has 0 aromatic heterocycles. The van der Waals surface area contributed by atoms with Gasteiger partial charge in [-0.2, -0.15) is 5.10 Å². The molecule has 148 valence electrons. The van der Waals surface area contributed by atoms with E-state index in [2.05, 4.69) is 17.5 Å². The molecule has 1 saturated heterocycles. The predicted molar refractivity (Wildman–Crippen MR) is 111 cm³/mol. The lowest BCUT2D eigenvalue weighted by Gasteiger charge is -2.18. The van der Waals surface area contributed by atoms with E-state index in [1.54, 1.807) is 11.1 Å². The van der Waals surface area contributed by atoms with Crippen molar-refractivity contribution in [3.05, 3.63) is 42.0 Å². The molecule has 0 aliphatic carbocycles. The Kier molecular flexibility index (Phi) is 7.00. The fourth-order valence-corrected chi connectivity index (χ4v) is 3.33. The number of fused-ring (bicyclic) bond motifs is 1. The standard InChI is InChI=1S/C22H27N3O3/c1-2-14-28-20-12-11-17-8-5-6-9-18(17)19(20)15-23-24-21(26)16-25-13-7-3-4-10-22(25)27/h5-6,8-9,11-12,15H,2-4,7,10,13-14,16H2,1H3,(H,24,26)/b23-15-. The molecule has 3 rings (SSSR count). The maximum atomic E-state index is 12.2. The number of carbonyl (C=O) groups excluding carboxylic acids is 2. The number of hydrogen-bond donors (Lipinski definition) is 1. The number of carbonyl (C=O) groups is 2. The maximum Gasteiger partial charge on any atom is 0.259 e. The van der Waals surface area contributed by atoms with Crippen LogP contribution in [0.2, 0.25) is 0 Å². The number of nitrogens with zero attached hydrogens (tertiary/aromatic N) is 2. The summed E-state index contributed by atoms with van der Waals surface area (Å²) < 4.78 is 5.84. The fourth-order valence-electron chi connectivity index (χ4n) is 3.33. The highest BCUT2D eigenvalue weighted by atomic mass is 16.5. The molecule has 1 fully saturated rings. The summed E-state index contributed by atoms with van der Waals surface area (Å²) in [6.45, 7) is 3.35. The number of nitrogens with one attached hydrogen (secondary N) is 1. The molecule has 0 spiro atoms. The summed E-state index contributed by atoms with van der Waals surface area (Å²) in [6.07, 6.45) is 5.92. The molecule has 1 aliphatic rings. The van der Waals surface area contributed by atoms with Gasteiger partial charge in [0.05, 0.1) is 12.8 Å². The van der Waals surface area contributed by atoms with E-state index in [-0.39, 0.29) is 18.4 Å². The molecule has 2 aromatic carbocycles. The molecule has 0 bridgehead atoms. The first kappa shape index (κ1) is 19.9. The topological polar surface area (TPSA) is 71.0 Å². The van der Waals surface area contributed by atoms with Crippen LogP contribution in [0.5, 0.6) is 5.75 Å². The second-order valence-corrected chi connectivity index (χ2v) is 6.97. The van der Waals surface area contributed by atoms with E-state index in [9.17, 15) is 9.59 Å². The molecule has 1 N–H and O–H groups in total. The zero-order valence-electron chi connectivity index (χ0n) is 16.3. The Morgan fingerprint density at radius 3 is 2.93 bits per heavy atom. The van der Waals surface area contributed by atoms with E-state index in [1.165, 1.54) is 0 Å². The Bertz CT molecular complexity index is 863. The lowest BCUT2D eigenvalue weighted by molar-refractivity contribution is -0.135. The molecular formula is C22H27N3O3. The largest absolute Gasteiger partial charge is 0.493 e. The lowest BCUT2D eigenvalue weighted by Crippen LogP contribution is -2.39. The molecule has 2 amide bonds. The first-order chi connectivity index (χ1) is 13.7. The van der Waals surface area contributed by atoms with Crippen LogP contribution in [0.3, 0.4) is 0 Å². The molecule has 0 saturated carbocycles. The van der Waals surface area contributed by atoms with Crippen molar-refractivity contribution >= 4 is 28.8 Å². The van der Waals surface area contributed by atoms with Gasteiger partial charge in [-0.1, -0.05) is 43.7 Å². The normalized spacial score (nSPS) is 15.0. The van der Waals surface area contributed by atoms with Crippen molar-refractivity contribution in [2.45, 2.75) is 39.0 Å². The van der Waals surface area contributed by atoms with E-state index < -0.39 is 0 Å². The highest BCUT2D eigenvalue weighted by Crippen LogP contribution is 2.26. The van der Waals surface area contributed by atoms with Crippen molar-refractivity contribution in [2.24, 2.45) is 5.10 Å². The predicted octanol–water partition coefficient (Wildman–Crippen LogP) is 3.48. The van der Waals surface area contributed by atoms with Gasteiger partial charge >= 0.3 is 0 Å². The highest BCUT2D eigenvalue weighted by molar-refractivity contribution is 6.02. The number of hydrazone groups is 1. The maximum absolute atomic E-state index is 12.2. The minimum atomic E-state index is -0.289. The number of benzene rings is 2. The highest BCUT2D eigenvalue weighted by Gasteiger charge is 2.18. The second-order valence-electron chi connectivity index (χ2n) is 6.97. The van der Waals surface area contributed by atoms with E-state index in [0.29, 0.717) is 19.6 Å². The van der Waals surface area contributed by atoms with Gasteiger partial charge in [-0.3, -0.25) is 9.59 Å². The quantitative estimate of drug-likeness (QED) is 0.590. The summed E-state index contributed by atoms with van der Waals surface area (Å²) in [4.78, 5) is 25.9. The van der Waals surface area contributed by atoms with Crippen LogP contribution in [0.25, 0.3) is 10.8 Å². The van der Waals surface area contributed by atoms with Crippen LogP contribution < -0.4 is 10.2 Å². The molecule has 6 heteroatoms. The van der Waals surface area contributed by atoms with Gasteiger partial charge in [-0.05, 0) is 36.1 Å². The average molecular weight is 381 g/mol. The number of rotatable bonds is 7. The van der Waals surface area contributed by atoms with Crippen molar-refractivity contribution in [3.63, 3.8) is 0 Å². The van der Waals surface area contributed by atoms with E-state index in [4.69, 9.17) is 4.74 Å². The molecule has 0 radical (unpaired) electrons. The molecule has 1 heterocycles. The van der Waals surface area contributed by atoms with Gasteiger partial charge < -0.3 is 9.64 Å². The van der Waals surface area contributed by atoms with Gasteiger partial charge in [-0.25, -0.2) is 5.43 Å². The Morgan fingerprint density at radius 2 is 2.07 bits per heavy atom. The van der Waals surface area contributed by atoms with Gasteiger partial charge in [0.1, 0.15) is 12.3 Å². The van der Waals surface area contributed by atoms with Crippen LogP contribution in [-0.2, 0) is 9.59 Å². The lowest BCUT2D eigenvalue weighted by atomic mass is 10.0. The van der Waals surface area contributed by atoms with Gasteiger partial charge in [0, 0.05) is 18.5 Å². The molecule has 28 heavy (non-hydrogen) atoms. The van der Waals surface area contributed by atoms with Crippen molar-refractivity contribution in [1.82, 2.24) is 10.3 Å². The second kappa shape index (κ2) is 9.88. The van der Waals surface area contributed by atoms with E-state index >= 15 is 0 Å². The van der Waals surface area contributed by atoms with Gasteiger partial charge in [-0.15, -0.1) is 0 Å². The number of ether oxygens (including phenoxy) is 1. The monoisotopic (exact) mass is 381 g/mol. The minimum absolute atomic E-state index is 0.0425. The number of hydrogen-bond acceptors (Lipinski definition) is 4. The van der Waals surface area contributed by atoms with Crippen LogP contribution in [0.15, 0.2) is 41.5 Å². The summed E-state index contributed by atoms with van der Waals surface area (Å²) in [5.41, 5.74) is 3.38. The van der Waals surface area contributed by atoms with Gasteiger partial charge in [0.15, 0.2) is 0 Å². The summed E-state index contributed by atoms with van der Waals surface area (Å²) in [6, 6.07) is 11.9. The zero-order valence-corrected chi connectivity index (χ0v) is 16.3. The van der Waals surface area contributed by atoms with Gasteiger partial charge in [0.25, 0.3) is 5.91 Å². The van der Waals surface area contributed by atoms with Crippen molar-refractivity contribution in [3.8, 4) is 5.75 Å². The Hall–Kier alpha value is -2.89. The summed E-state index contributed by atoms with van der Waals surface area (Å²) in [5.74, 6) is 0.491. The average Bonchev–Trinajstić information content (AvgIpc) is 2.91. The van der Waals surface area contributed by atoms with Crippen molar-refractivity contribution in [2.75, 3.05) is 19.7 Å². The Morgan fingerprint density at radius 1 is 1.21 bits per heavy atom. The molecular weight excluding hydrogens is 354 g/mol. The summed E-state index contributed by atoms with van der Waals surface area (Å²) in [5, 5.41) is 6.22. The van der Waals surface area contributed by atoms with Crippen LogP contribution in [0.4, 0.5) is 0 Å². The van der Waals surface area contributed by atoms with Crippen molar-refractivity contribution < 1.29 is 14.3 Å². The molecule has 6 nitrogen and oxygen atoms in total. The minimum Gasteiger partial charge on any atom is -0.493 e. The first-order valence-corrected chi connectivity index (χ1v) is 9.93. The van der Waals surface area contributed by atoms with Crippen LogP contribution in [0.1, 0.15) is 44.6 Å². The fraction of sp³-hybridized carbons (Fsp3) is 0.409. The molecule has 0 atom stereocenters. The zero-order chi connectivity index (χ0) is 19.8.